The highest BCUT2D eigenvalue weighted by Gasteiger charge is 2.11. The first-order valence-corrected chi connectivity index (χ1v) is 8.60. The zero-order chi connectivity index (χ0) is 18.3. The summed E-state index contributed by atoms with van der Waals surface area (Å²) in [5, 5.41) is 22.2. The maximum atomic E-state index is 12.2. The molecule has 1 amide bonds. The number of aromatic nitrogens is 2. The van der Waals surface area contributed by atoms with Gasteiger partial charge in [-0.2, -0.15) is 0 Å². The van der Waals surface area contributed by atoms with Crippen LogP contribution in [0.25, 0.3) is 0 Å². The third kappa shape index (κ3) is 6.38. The van der Waals surface area contributed by atoms with Crippen molar-refractivity contribution >= 4 is 28.1 Å². The molecule has 134 valence electrons. The first kappa shape index (κ1) is 20.3. The molecule has 5 N–H and O–H groups in total. The van der Waals surface area contributed by atoms with E-state index in [0.29, 0.717) is 45.7 Å². The van der Waals surface area contributed by atoms with Crippen LogP contribution in [0.3, 0.4) is 0 Å². The number of aryl methyl sites for hydroxylation is 1. The average molecular weight is 354 g/mol. The van der Waals surface area contributed by atoms with Crippen LogP contribution < -0.4 is 11.1 Å². The first-order chi connectivity index (χ1) is 11.2. The van der Waals surface area contributed by atoms with E-state index in [2.05, 4.69) is 15.3 Å². The van der Waals surface area contributed by atoms with Gasteiger partial charge in [-0.1, -0.05) is 13.8 Å². The Morgan fingerprint density at radius 2 is 2.12 bits per heavy atom. The van der Waals surface area contributed by atoms with Gasteiger partial charge in [0, 0.05) is 36.4 Å². The summed E-state index contributed by atoms with van der Waals surface area (Å²) in [5.41, 5.74) is 6.97. The van der Waals surface area contributed by atoms with Gasteiger partial charge in [0.25, 0.3) is 0 Å². The lowest BCUT2D eigenvalue weighted by molar-refractivity contribution is -0.119. The molecule has 1 heterocycles. The van der Waals surface area contributed by atoms with Gasteiger partial charge in [-0.15, -0.1) is 11.4 Å². The molecule has 0 aromatic carbocycles. The van der Waals surface area contributed by atoms with E-state index in [1.54, 1.807) is 20.0 Å². The van der Waals surface area contributed by atoms with Gasteiger partial charge in [0.2, 0.25) is 5.91 Å². The van der Waals surface area contributed by atoms with Gasteiger partial charge in [-0.05, 0) is 18.8 Å². The smallest absolute Gasteiger partial charge is 0.228 e. The summed E-state index contributed by atoms with van der Waals surface area (Å²) in [6.45, 7) is 7.18. The highest BCUT2D eigenvalue weighted by atomic mass is 32.1. The Morgan fingerprint density at radius 1 is 1.46 bits per heavy atom. The van der Waals surface area contributed by atoms with E-state index in [1.807, 2.05) is 13.8 Å². The van der Waals surface area contributed by atoms with Crippen molar-refractivity contribution in [3.63, 3.8) is 0 Å². The second-order valence-corrected chi connectivity index (χ2v) is 6.94. The molecule has 8 heteroatoms. The molecule has 0 bridgehead atoms. The summed E-state index contributed by atoms with van der Waals surface area (Å²) in [5.74, 6) is 0.602. The zero-order valence-corrected chi connectivity index (χ0v) is 15.4. The lowest BCUT2D eigenvalue weighted by atomic mass is 10.2. The summed E-state index contributed by atoms with van der Waals surface area (Å²) in [7, 11) is 0. The van der Waals surface area contributed by atoms with E-state index in [0.717, 1.165) is 4.91 Å². The number of hydrogen-bond donors (Lipinski definition) is 5. The van der Waals surface area contributed by atoms with Crippen LogP contribution in [0, 0.1) is 12.8 Å². The van der Waals surface area contributed by atoms with E-state index < -0.39 is 0 Å². The Kier molecular flexibility index (Phi) is 8.03. The van der Waals surface area contributed by atoms with E-state index in [4.69, 9.17) is 5.73 Å². The molecule has 0 radical (unpaired) electrons. The van der Waals surface area contributed by atoms with E-state index >= 15 is 0 Å². The fourth-order valence-corrected chi connectivity index (χ4v) is 2.82. The Morgan fingerprint density at radius 3 is 2.67 bits per heavy atom. The summed E-state index contributed by atoms with van der Waals surface area (Å²) in [4.78, 5) is 21.0. The van der Waals surface area contributed by atoms with Crippen LogP contribution in [0.5, 0.6) is 0 Å². The van der Waals surface area contributed by atoms with Crippen LogP contribution in [-0.2, 0) is 11.2 Å². The van der Waals surface area contributed by atoms with Gasteiger partial charge < -0.3 is 21.3 Å². The number of anilines is 1. The Balaban J connectivity index is 2.90. The lowest BCUT2D eigenvalue weighted by Gasteiger charge is -2.12. The van der Waals surface area contributed by atoms with Crippen molar-refractivity contribution in [3.05, 3.63) is 28.2 Å². The molecule has 0 spiro atoms. The molecule has 0 unspecified atom stereocenters. The summed E-state index contributed by atoms with van der Waals surface area (Å²) in [6, 6.07) is 0. The molecule has 7 nitrogen and oxygen atoms in total. The van der Waals surface area contributed by atoms with Gasteiger partial charge in [-0.25, -0.2) is 9.97 Å². The van der Waals surface area contributed by atoms with E-state index in [9.17, 15) is 15.0 Å². The third-order valence-electron chi connectivity index (χ3n) is 3.24. The molecule has 0 aliphatic rings. The number of aliphatic hydroxyl groups is 2. The van der Waals surface area contributed by atoms with Crippen molar-refractivity contribution in [2.75, 3.05) is 12.3 Å². The van der Waals surface area contributed by atoms with Crippen LogP contribution >= 0.6 is 11.4 Å². The van der Waals surface area contributed by atoms with Gasteiger partial charge in [0.1, 0.15) is 11.6 Å². The average Bonchev–Trinajstić information content (AvgIpc) is 2.49. The molecule has 0 saturated carbocycles. The number of allylic oxidation sites excluding steroid dienone is 1. The van der Waals surface area contributed by atoms with E-state index in [-0.39, 0.29) is 24.9 Å². The van der Waals surface area contributed by atoms with Crippen molar-refractivity contribution in [1.82, 2.24) is 15.3 Å². The topological polar surface area (TPSA) is 121 Å². The maximum Gasteiger partial charge on any atom is 0.228 e. The van der Waals surface area contributed by atoms with Crippen LogP contribution in [0.1, 0.15) is 38.6 Å². The van der Waals surface area contributed by atoms with Crippen LogP contribution in [-0.4, -0.2) is 37.7 Å². The molecule has 0 fully saturated rings. The third-order valence-corrected chi connectivity index (χ3v) is 4.82. The minimum absolute atomic E-state index is 0.00775. The number of rotatable bonds is 7. The van der Waals surface area contributed by atoms with Gasteiger partial charge in [0.05, 0.1) is 11.5 Å². The van der Waals surface area contributed by atoms with Crippen molar-refractivity contribution in [2.45, 2.75) is 40.5 Å². The molecule has 0 saturated heterocycles. The highest BCUT2D eigenvalue weighted by Crippen LogP contribution is 2.19. The monoisotopic (exact) mass is 354 g/mol. The fourth-order valence-electron chi connectivity index (χ4n) is 1.85. The number of nitrogens with two attached hydrogens (primary N) is 1. The van der Waals surface area contributed by atoms with Crippen molar-refractivity contribution < 1.29 is 15.0 Å². The number of nitrogens with one attached hydrogen (secondary N) is 1. The number of thiol groups is 1. The minimum atomic E-state index is -0.249. The van der Waals surface area contributed by atoms with Crippen molar-refractivity contribution in [3.8, 4) is 0 Å². The highest BCUT2D eigenvalue weighted by molar-refractivity contribution is 8.02. The fraction of sp³-hybridized carbons (Fsp3) is 0.500. The number of hydrogen-bond acceptors (Lipinski definition) is 5. The van der Waals surface area contributed by atoms with Crippen LogP contribution in [0.15, 0.2) is 16.8 Å². The molecule has 24 heavy (non-hydrogen) atoms. The molecule has 1 aromatic rings. The lowest BCUT2D eigenvalue weighted by Crippen LogP contribution is -2.25. The number of amides is 1. The molecule has 0 aliphatic heterocycles. The van der Waals surface area contributed by atoms with E-state index in [1.165, 1.54) is 0 Å². The Hall–Kier alpha value is -1.77. The van der Waals surface area contributed by atoms with Gasteiger partial charge in [-0.3, -0.25) is 4.79 Å². The summed E-state index contributed by atoms with van der Waals surface area (Å²) in [6.07, 6.45) is 1.98. The number of aliphatic hydroxyl groups excluding tert-OH is 2. The largest absolute Gasteiger partial charge is 0.396 e. The Bertz CT molecular complexity index is 657. The van der Waals surface area contributed by atoms with Crippen LogP contribution in [0.4, 0.5) is 5.82 Å². The molecular weight excluding hydrogens is 328 g/mol. The number of nitrogen functional groups attached to an aromatic ring is 1. The maximum absolute atomic E-state index is 12.2. The van der Waals surface area contributed by atoms with Crippen molar-refractivity contribution in [1.29, 1.82) is 0 Å². The summed E-state index contributed by atoms with van der Waals surface area (Å²) < 4.78 is 0. The predicted octanol–water partition coefficient (Wildman–Crippen LogP) is 1.45. The standard InChI is InChI=1S/C16H26N4O3S/c1-9(2)16(23)24-13(5-6-21)10(3)19-14(22)7-12-8-18-11(4)20-15(12)17/h8-9,21,23-24H,5-7H2,1-4H3,(H,19,22)(H2,17,18,20)/b13-10-. The molecule has 0 aliphatic carbocycles. The first-order valence-electron chi connectivity index (χ1n) is 7.70. The van der Waals surface area contributed by atoms with Gasteiger partial charge >= 0.3 is 0 Å². The molecule has 1 aromatic heterocycles. The zero-order valence-electron chi connectivity index (χ0n) is 14.5. The molecule has 1 rings (SSSR count). The number of carbonyl (C=O) groups is 1. The van der Waals surface area contributed by atoms with Crippen molar-refractivity contribution in [2.24, 2.45) is 5.92 Å². The normalized spacial score (nSPS) is 13.4. The predicted molar refractivity (Wildman–Crippen MR) is 98.9 cm³/mol. The second-order valence-electron chi connectivity index (χ2n) is 5.72. The SMILES string of the molecule is C/C(NC(=O)Cc1cnc(C)nc1N)=C(CCO)/[SH]=C(\O)C(C)C. The molecular formula is C16H26N4O3S. The summed E-state index contributed by atoms with van der Waals surface area (Å²) >= 11 is 0.611. The van der Waals surface area contributed by atoms with Gasteiger partial charge in [0.15, 0.2) is 0 Å². The number of nitrogens with zero attached hydrogens (tertiary/aromatic N) is 2. The molecule has 0 atom stereocenters. The number of carbonyl (C=O) groups excluding carboxylic acids is 1. The quantitative estimate of drug-likeness (QED) is 0.373. The minimum Gasteiger partial charge on any atom is -0.396 e. The van der Waals surface area contributed by atoms with Crippen LogP contribution in [0.2, 0.25) is 0 Å². The second kappa shape index (κ2) is 9.51. The Labute approximate surface area is 146 Å².